The molecule has 0 amide bonds. The average Bonchev–Trinajstić information content (AvgIpc) is 2.52. The minimum Gasteiger partial charge on any atom is -0.382 e. The van der Waals surface area contributed by atoms with Crippen molar-refractivity contribution < 1.29 is 4.74 Å². The molecule has 20 heavy (non-hydrogen) atoms. The molecule has 0 radical (unpaired) electrons. The second kappa shape index (κ2) is 9.01. The quantitative estimate of drug-likeness (QED) is 0.726. The summed E-state index contributed by atoms with van der Waals surface area (Å²) < 4.78 is 5.52. The van der Waals surface area contributed by atoms with Crippen LogP contribution in [-0.2, 0) is 4.74 Å². The van der Waals surface area contributed by atoms with E-state index in [2.05, 4.69) is 24.1 Å². The molecule has 1 aliphatic heterocycles. The predicted octanol–water partition coefficient (Wildman–Crippen LogP) is 3.05. The maximum absolute atomic E-state index is 5.52. The predicted molar refractivity (Wildman–Crippen MR) is 85.1 cm³/mol. The fourth-order valence-electron chi connectivity index (χ4n) is 3.93. The van der Waals surface area contributed by atoms with Crippen LogP contribution in [0.5, 0.6) is 0 Å². The van der Waals surface area contributed by atoms with E-state index < -0.39 is 0 Å². The van der Waals surface area contributed by atoms with Crippen LogP contribution in [0.4, 0.5) is 0 Å². The van der Waals surface area contributed by atoms with Gasteiger partial charge in [-0.2, -0.15) is 0 Å². The zero-order valence-electron chi connectivity index (χ0n) is 13.6. The molecule has 118 valence electrons. The fourth-order valence-corrected chi connectivity index (χ4v) is 3.93. The molecule has 0 aromatic carbocycles. The molecule has 2 rings (SSSR count). The molecule has 1 N–H and O–H groups in total. The van der Waals surface area contributed by atoms with Gasteiger partial charge in [0.2, 0.25) is 0 Å². The molecule has 0 bridgehead atoms. The molecule has 0 aromatic rings. The van der Waals surface area contributed by atoms with Crippen molar-refractivity contribution in [3.63, 3.8) is 0 Å². The first-order chi connectivity index (χ1) is 9.85. The van der Waals surface area contributed by atoms with Gasteiger partial charge in [0.25, 0.3) is 0 Å². The van der Waals surface area contributed by atoms with Crippen molar-refractivity contribution in [2.24, 2.45) is 5.92 Å². The minimum absolute atomic E-state index is 0.696. The highest BCUT2D eigenvalue weighted by Gasteiger charge is 2.32. The summed E-state index contributed by atoms with van der Waals surface area (Å²) in [5.74, 6) is 0.932. The Morgan fingerprint density at radius 2 is 1.95 bits per heavy atom. The summed E-state index contributed by atoms with van der Waals surface area (Å²) in [7, 11) is 0. The molecule has 0 spiro atoms. The molecule has 1 saturated carbocycles. The number of ether oxygens (including phenoxy) is 1. The van der Waals surface area contributed by atoms with Crippen molar-refractivity contribution in [1.82, 2.24) is 10.2 Å². The zero-order chi connectivity index (χ0) is 14.2. The van der Waals surface area contributed by atoms with Crippen molar-refractivity contribution in [2.75, 3.05) is 32.8 Å². The number of hydrogen-bond acceptors (Lipinski definition) is 3. The van der Waals surface area contributed by atoms with E-state index in [9.17, 15) is 0 Å². The molecule has 3 heteroatoms. The summed E-state index contributed by atoms with van der Waals surface area (Å²) in [5, 5.41) is 3.77. The minimum atomic E-state index is 0.696. The number of rotatable bonds is 7. The SMILES string of the molecule is CCOCCCN1CC(CC)NCC1C1CCCCC1. The van der Waals surface area contributed by atoms with Crippen LogP contribution in [0, 0.1) is 5.92 Å². The normalized spacial score (nSPS) is 29.7. The van der Waals surface area contributed by atoms with Gasteiger partial charge in [0.1, 0.15) is 0 Å². The molecule has 2 fully saturated rings. The van der Waals surface area contributed by atoms with Gasteiger partial charge in [-0.3, -0.25) is 4.90 Å². The van der Waals surface area contributed by atoms with Gasteiger partial charge < -0.3 is 10.1 Å². The van der Waals surface area contributed by atoms with Gasteiger partial charge in [-0.15, -0.1) is 0 Å². The largest absolute Gasteiger partial charge is 0.382 e. The molecule has 0 aromatic heterocycles. The van der Waals surface area contributed by atoms with Gasteiger partial charge in [0.15, 0.2) is 0 Å². The van der Waals surface area contributed by atoms with Crippen molar-refractivity contribution >= 4 is 0 Å². The van der Waals surface area contributed by atoms with Crippen LogP contribution in [0.15, 0.2) is 0 Å². The van der Waals surface area contributed by atoms with E-state index in [-0.39, 0.29) is 0 Å². The molecular weight excluding hydrogens is 248 g/mol. The number of hydrogen-bond donors (Lipinski definition) is 1. The summed E-state index contributed by atoms with van der Waals surface area (Å²) in [6.45, 7) is 9.83. The lowest BCUT2D eigenvalue weighted by Gasteiger charge is -2.45. The van der Waals surface area contributed by atoms with Crippen LogP contribution in [0.1, 0.15) is 58.8 Å². The second-order valence-electron chi connectivity index (χ2n) is 6.52. The van der Waals surface area contributed by atoms with Crippen molar-refractivity contribution in [3.8, 4) is 0 Å². The summed E-state index contributed by atoms with van der Waals surface area (Å²) in [5.41, 5.74) is 0. The third-order valence-corrected chi connectivity index (χ3v) is 5.16. The maximum atomic E-state index is 5.52. The number of piperazine rings is 1. The summed E-state index contributed by atoms with van der Waals surface area (Å²) in [6.07, 6.45) is 9.69. The lowest BCUT2D eigenvalue weighted by molar-refractivity contribution is 0.0579. The van der Waals surface area contributed by atoms with Crippen LogP contribution < -0.4 is 5.32 Å². The molecule has 1 saturated heterocycles. The Hall–Kier alpha value is -0.120. The van der Waals surface area contributed by atoms with Gasteiger partial charge in [-0.25, -0.2) is 0 Å². The van der Waals surface area contributed by atoms with Crippen molar-refractivity contribution in [3.05, 3.63) is 0 Å². The van der Waals surface area contributed by atoms with Gasteiger partial charge in [-0.1, -0.05) is 26.2 Å². The Kier molecular flexibility index (Phi) is 7.32. The van der Waals surface area contributed by atoms with E-state index in [4.69, 9.17) is 4.74 Å². The first-order valence-corrected chi connectivity index (χ1v) is 8.90. The van der Waals surface area contributed by atoms with Gasteiger partial charge in [0, 0.05) is 44.9 Å². The van der Waals surface area contributed by atoms with Crippen LogP contribution in [0.2, 0.25) is 0 Å². The highest BCUT2D eigenvalue weighted by Crippen LogP contribution is 2.30. The highest BCUT2D eigenvalue weighted by atomic mass is 16.5. The van der Waals surface area contributed by atoms with Crippen LogP contribution in [0.25, 0.3) is 0 Å². The van der Waals surface area contributed by atoms with E-state index in [0.717, 1.165) is 25.2 Å². The van der Waals surface area contributed by atoms with Gasteiger partial charge in [-0.05, 0) is 38.5 Å². The smallest absolute Gasteiger partial charge is 0.0478 e. The van der Waals surface area contributed by atoms with E-state index in [1.807, 2.05) is 0 Å². The van der Waals surface area contributed by atoms with E-state index in [0.29, 0.717) is 6.04 Å². The standard InChI is InChI=1S/C17H34N2O/c1-3-16-14-19(11-8-12-20-4-2)17(13-18-16)15-9-6-5-7-10-15/h15-18H,3-14H2,1-2H3. The molecule has 1 heterocycles. The van der Waals surface area contributed by atoms with Crippen LogP contribution in [0.3, 0.4) is 0 Å². The highest BCUT2D eigenvalue weighted by molar-refractivity contribution is 4.90. The second-order valence-corrected chi connectivity index (χ2v) is 6.52. The molecule has 3 nitrogen and oxygen atoms in total. The fraction of sp³-hybridized carbons (Fsp3) is 1.00. The molecule has 1 aliphatic carbocycles. The zero-order valence-corrected chi connectivity index (χ0v) is 13.6. The Morgan fingerprint density at radius 3 is 2.65 bits per heavy atom. The molecular formula is C17H34N2O. The van der Waals surface area contributed by atoms with Gasteiger partial charge in [0.05, 0.1) is 0 Å². The van der Waals surface area contributed by atoms with E-state index >= 15 is 0 Å². The first-order valence-electron chi connectivity index (χ1n) is 8.90. The Morgan fingerprint density at radius 1 is 1.15 bits per heavy atom. The van der Waals surface area contributed by atoms with Crippen LogP contribution >= 0.6 is 0 Å². The van der Waals surface area contributed by atoms with Crippen molar-refractivity contribution in [2.45, 2.75) is 70.9 Å². The molecule has 2 unspecified atom stereocenters. The average molecular weight is 282 g/mol. The lowest BCUT2D eigenvalue weighted by atomic mass is 9.82. The molecule has 2 atom stereocenters. The lowest BCUT2D eigenvalue weighted by Crippen LogP contribution is -2.59. The number of nitrogens with one attached hydrogen (secondary N) is 1. The molecule has 2 aliphatic rings. The van der Waals surface area contributed by atoms with Crippen LogP contribution in [-0.4, -0.2) is 49.8 Å². The van der Waals surface area contributed by atoms with Gasteiger partial charge >= 0.3 is 0 Å². The number of nitrogens with zero attached hydrogens (tertiary/aromatic N) is 1. The van der Waals surface area contributed by atoms with E-state index in [1.165, 1.54) is 64.6 Å². The third kappa shape index (κ3) is 4.71. The maximum Gasteiger partial charge on any atom is 0.0478 e. The summed E-state index contributed by atoms with van der Waals surface area (Å²) in [6, 6.07) is 1.47. The van der Waals surface area contributed by atoms with Crippen molar-refractivity contribution in [1.29, 1.82) is 0 Å². The Labute approximate surface area is 125 Å². The first kappa shape index (κ1) is 16.3. The third-order valence-electron chi connectivity index (χ3n) is 5.16. The summed E-state index contributed by atoms with van der Waals surface area (Å²) >= 11 is 0. The van der Waals surface area contributed by atoms with E-state index in [1.54, 1.807) is 0 Å². The Bertz CT molecular complexity index is 253. The monoisotopic (exact) mass is 282 g/mol. The summed E-state index contributed by atoms with van der Waals surface area (Å²) in [4.78, 5) is 2.78. The topological polar surface area (TPSA) is 24.5 Å². The Balaban J connectivity index is 1.85.